The molecule has 0 aliphatic heterocycles. The molecular weight excluding hydrogens is 262 g/mol. The SMILES string of the molecule is COc1ccc(-c2nc(C(C)C)n(CC(C)C)c2N)cc1. The highest BCUT2D eigenvalue weighted by Gasteiger charge is 2.18. The zero-order valence-corrected chi connectivity index (χ0v) is 13.6. The molecule has 0 aliphatic carbocycles. The maximum atomic E-state index is 6.36. The first kappa shape index (κ1) is 15.4. The summed E-state index contributed by atoms with van der Waals surface area (Å²) in [7, 11) is 1.66. The van der Waals surface area contributed by atoms with Gasteiger partial charge in [-0.15, -0.1) is 0 Å². The van der Waals surface area contributed by atoms with Gasteiger partial charge in [0, 0.05) is 18.0 Å². The number of nitrogens with two attached hydrogens (primary N) is 1. The lowest BCUT2D eigenvalue weighted by Crippen LogP contribution is -2.12. The van der Waals surface area contributed by atoms with E-state index in [1.54, 1.807) is 7.11 Å². The van der Waals surface area contributed by atoms with Crippen LogP contribution in [0.2, 0.25) is 0 Å². The van der Waals surface area contributed by atoms with Crippen LogP contribution in [-0.2, 0) is 6.54 Å². The van der Waals surface area contributed by atoms with Crippen LogP contribution in [0.1, 0.15) is 39.4 Å². The van der Waals surface area contributed by atoms with Crippen LogP contribution in [0, 0.1) is 5.92 Å². The Morgan fingerprint density at radius 2 is 1.76 bits per heavy atom. The highest BCUT2D eigenvalue weighted by Crippen LogP contribution is 2.31. The fraction of sp³-hybridized carbons (Fsp3) is 0.471. The smallest absolute Gasteiger partial charge is 0.131 e. The number of hydrogen-bond donors (Lipinski definition) is 1. The Morgan fingerprint density at radius 3 is 2.24 bits per heavy atom. The lowest BCUT2D eigenvalue weighted by Gasteiger charge is -2.14. The summed E-state index contributed by atoms with van der Waals surface area (Å²) >= 11 is 0. The van der Waals surface area contributed by atoms with Gasteiger partial charge in [0.1, 0.15) is 23.1 Å². The molecule has 0 atom stereocenters. The summed E-state index contributed by atoms with van der Waals surface area (Å²) in [5, 5.41) is 0. The van der Waals surface area contributed by atoms with Gasteiger partial charge in [0.15, 0.2) is 0 Å². The van der Waals surface area contributed by atoms with Crippen LogP contribution in [0.5, 0.6) is 5.75 Å². The Kier molecular flexibility index (Phi) is 4.56. The van der Waals surface area contributed by atoms with Gasteiger partial charge in [-0.05, 0) is 30.2 Å². The Morgan fingerprint density at radius 1 is 1.14 bits per heavy atom. The molecular formula is C17H25N3O. The van der Waals surface area contributed by atoms with Gasteiger partial charge in [-0.3, -0.25) is 0 Å². The van der Waals surface area contributed by atoms with Gasteiger partial charge in [0.05, 0.1) is 7.11 Å². The molecule has 1 heterocycles. The molecule has 4 nitrogen and oxygen atoms in total. The Bertz CT molecular complexity index is 597. The third-order valence-corrected chi connectivity index (χ3v) is 3.46. The van der Waals surface area contributed by atoms with E-state index in [4.69, 9.17) is 15.5 Å². The first-order chi connectivity index (χ1) is 9.93. The van der Waals surface area contributed by atoms with E-state index in [0.717, 1.165) is 35.2 Å². The minimum atomic E-state index is 0.345. The Hall–Kier alpha value is -1.97. The van der Waals surface area contributed by atoms with E-state index in [0.29, 0.717) is 11.8 Å². The number of benzene rings is 1. The van der Waals surface area contributed by atoms with Crippen LogP contribution >= 0.6 is 0 Å². The average molecular weight is 287 g/mol. The summed E-state index contributed by atoms with van der Waals surface area (Å²) < 4.78 is 7.35. The number of methoxy groups -OCH3 is 1. The largest absolute Gasteiger partial charge is 0.497 e. The van der Waals surface area contributed by atoms with Gasteiger partial charge in [-0.1, -0.05) is 27.7 Å². The molecule has 114 valence electrons. The molecule has 0 fully saturated rings. The van der Waals surface area contributed by atoms with Crippen molar-refractivity contribution in [2.24, 2.45) is 5.92 Å². The lowest BCUT2D eigenvalue weighted by molar-refractivity contribution is 0.415. The van der Waals surface area contributed by atoms with Crippen molar-refractivity contribution in [3.05, 3.63) is 30.1 Å². The Balaban J connectivity index is 2.48. The number of nitrogen functional groups attached to an aromatic ring is 1. The molecule has 1 aromatic carbocycles. The molecule has 2 N–H and O–H groups in total. The molecule has 0 bridgehead atoms. The second-order valence-electron chi connectivity index (χ2n) is 6.09. The van der Waals surface area contributed by atoms with Crippen molar-refractivity contribution >= 4 is 5.82 Å². The molecule has 0 unspecified atom stereocenters. The highest BCUT2D eigenvalue weighted by atomic mass is 16.5. The Labute approximate surface area is 127 Å². The second kappa shape index (κ2) is 6.20. The molecule has 0 amide bonds. The fourth-order valence-corrected chi connectivity index (χ4v) is 2.44. The minimum absolute atomic E-state index is 0.345. The van der Waals surface area contributed by atoms with Crippen LogP contribution in [0.4, 0.5) is 5.82 Å². The topological polar surface area (TPSA) is 53.1 Å². The maximum Gasteiger partial charge on any atom is 0.131 e. The molecule has 21 heavy (non-hydrogen) atoms. The lowest BCUT2D eigenvalue weighted by atomic mass is 10.1. The van der Waals surface area contributed by atoms with Crippen LogP contribution in [0.3, 0.4) is 0 Å². The molecule has 0 radical (unpaired) electrons. The van der Waals surface area contributed by atoms with Crippen molar-refractivity contribution < 1.29 is 4.74 Å². The standard InChI is InChI=1S/C17H25N3O/c1-11(2)10-20-16(18)15(19-17(20)12(3)4)13-6-8-14(21-5)9-7-13/h6-9,11-12H,10,18H2,1-5H3. The molecule has 1 aromatic heterocycles. The maximum absolute atomic E-state index is 6.36. The number of aromatic nitrogens is 2. The molecule has 2 rings (SSSR count). The number of rotatable bonds is 5. The number of imidazole rings is 1. The molecule has 0 saturated heterocycles. The van der Waals surface area contributed by atoms with Crippen molar-refractivity contribution in [3.63, 3.8) is 0 Å². The zero-order chi connectivity index (χ0) is 15.6. The van der Waals surface area contributed by atoms with Crippen LogP contribution < -0.4 is 10.5 Å². The molecule has 4 heteroatoms. The molecule has 0 saturated carbocycles. The van der Waals surface area contributed by atoms with Gasteiger partial charge in [0.25, 0.3) is 0 Å². The van der Waals surface area contributed by atoms with Crippen LogP contribution in [0.15, 0.2) is 24.3 Å². The predicted molar refractivity (Wildman–Crippen MR) is 87.6 cm³/mol. The predicted octanol–water partition coefficient (Wildman–Crippen LogP) is 3.92. The third kappa shape index (κ3) is 3.20. The van der Waals surface area contributed by atoms with Crippen molar-refractivity contribution in [1.29, 1.82) is 0 Å². The van der Waals surface area contributed by atoms with Crippen LogP contribution in [-0.4, -0.2) is 16.7 Å². The van der Waals surface area contributed by atoms with Gasteiger partial charge in [-0.25, -0.2) is 4.98 Å². The van der Waals surface area contributed by atoms with E-state index in [1.807, 2.05) is 24.3 Å². The number of hydrogen-bond acceptors (Lipinski definition) is 3. The summed E-state index contributed by atoms with van der Waals surface area (Å²) in [6.45, 7) is 9.57. The minimum Gasteiger partial charge on any atom is -0.497 e. The first-order valence-electron chi connectivity index (χ1n) is 7.44. The average Bonchev–Trinajstić information content (AvgIpc) is 2.76. The summed E-state index contributed by atoms with van der Waals surface area (Å²) in [5.74, 6) is 3.51. The van der Waals surface area contributed by atoms with E-state index in [1.165, 1.54) is 0 Å². The molecule has 2 aromatic rings. The van der Waals surface area contributed by atoms with Gasteiger partial charge < -0.3 is 15.0 Å². The van der Waals surface area contributed by atoms with Crippen molar-refractivity contribution in [1.82, 2.24) is 9.55 Å². The van der Waals surface area contributed by atoms with Crippen molar-refractivity contribution in [2.45, 2.75) is 40.2 Å². The third-order valence-electron chi connectivity index (χ3n) is 3.46. The van der Waals surface area contributed by atoms with E-state index in [-0.39, 0.29) is 0 Å². The summed E-state index contributed by atoms with van der Waals surface area (Å²) in [4.78, 5) is 4.79. The van der Waals surface area contributed by atoms with Crippen molar-refractivity contribution in [2.75, 3.05) is 12.8 Å². The second-order valence-corrected chi connectivity index (χ2v) is 6.09. The van der Waals surface area contributed by atoms with Gasteiger partial charge >= 0.3 is 0 Å². The molecule has 0 spiro atoms. The number of ether oxygens (including phenoxy) is 1. The zero-order valence-electron chi connectivity index (χ0n) is 13.6. The summed E-state index contributed by atoms with van der Waals surface area (Å²) in [6, 6.07) is 7.87. The van der Waals surface area contributed by atoms with E-state index >= 15 is 0 Å². The molecule has 0 aliphatic rings. The fourth-order valence-electron chi connectivity index (χ4n) is 2.44. The normalized spacial score (nSPS) is 11.4. The first-order valence-corrected chi connectivity index (χ1v) is 7.44. The van der Waals surface area contributed by atoms with Gasteiger partial charge in [-0.2, -0.15) is 0 Å². The van der Waals surface area contributed by atoms with E-state index in [2.05, 4.69) is 32.3 Å². The quantitative estimate of drug-likeness (QED) is 0.906. The van der Waals surface area contributed by atoms with E-state index < -0.39 is 0 Å². The van der Waals surface area contributed by atoms with Crippen molar-refractivity contribution in [3.8, 4) is 17.0 Å². The van der Waals surface area contributed by atoms with E-state index in [9.17, 15) is 0 Å². The highest BCUT2D eigenvalue weighted by molar-refractivity contribution is 5.71. The number of nitrogens with zero attached hydrogens (tertiary/aromatic N) is 2. The monoisotopic (exact) mass is 287 g/mol. The summed E-state index contributed by atoms with van der Waals surface area (Å²) in [6.07, 6.45) is 0. The number of anilines is 1. The summed E-state index contributed by atoms with van der Waals surface area (Å²) in [5.41, 5.74) is 8.25. The van der Waals surface area contributed by atoms with Gasteiger partial charge in [0.2, 0.25) is 0 Å². The van der Waals surface area contributed by atoms with Crippen LogP contribution in [0.25, 0.3) is 11.3 Å².